The highest BCUT2D eigenvalue weighted by atomic mass is 35.5. The van der Waals surface area contributed by atoms with Crippen LogP contribution in [0.1, 0.15) is 11.1 Å². The number of carbonyl (C=O) groups is 1. The summed E-state index contributed by atoms with van der Waals surface area (Å²) >= 11 is 6.05. The molecule has 0 saturated carbocycles. The van der Waals surface area contributed by atoms with Crippen LogP contribution < -0.4 is 14.8 Å². The first-order chi connectivity index (χ1) is 15.0. The smallest absolute Gasteiger partial charge is 0.230 e. The summed E-state index contributed by atoms with van der Waals surface area (Å²) < 4.78 is 12.2. The van der Waals surface area contributed by atoms with Crippen molar-refractivity contribution in [2.45, 2.75) is 13.3 Å². The average Bonchev–Trinajstić information content (AvgIpc) is 3.10. The highest BCUT2D eigenvalue weighted by Gasteiger charge is 2.19. The molecule has 0 radical (unpaired) electrons. The van der Waals surface area contributed by atoms with E-state index in [4.69, 9.17) is 21.1 Å². The van der Waals surface area contributed by atoms with Gasteiger partial charge in [-0.25, -0.2) is 9.50 Å². The molecule has 0 aliphatic heterocycles. The number of halogens is 1. The van der Waals surface area contributed by atoms with Crippen molar-refractivity contribution in [3.63, 3.8) is 0 Å². The summed E-state index contributed by atoms with van der Waals surface area (Å²) in [6.07, 6.45) is 3.79. The molecule has 31 heavy (non-hydrogen) atoms. The van der Waals surface area contributed by atoms with Crippen LogP contribution in [0.15, 0.2) is 54.9 Å². The van der Waals surface area contributed by atoms with Crippen LogP contribution in [-0.4, -0.2) is 34.7 Å². The van der Waals surface area contributed by atoms with Gasteiger partial charge in [0.25, 0.3) is 0 Å². The fraction of sp³-hybridized carbons (Fsp3) is 0.174. The molecule has 2 aromatic heterocycles. The minimum absolute atomic E-state index is 0.154. The van der Waals surface area contributed by atoms with Crippen molar-refractivity contribution in [3.05, 3.63) is 71.0 Å². The van der Waals surface area contributed by atoms with Gasteiger partial charge in [0.2, 0.25) is 5.91 Å². The molecule has 0 saturated heterocycles. The monoisotopic (exact) mass is 436 g/mol. The zero-order chi connectivity index (χ0) is 22.0. The lowest BCUT2D eigenvalue weighted by molar-refractivity contribution is -0.115. The number of nitrogens with zero attached hydrogens (tertiary/aromatic N) is 3. The molecule has 4 rings (SSSR count). The second kappa shape index (κ2) is 8.65. The molecular weight excluding hydrogens is 416 g/mol. The number of methoxy groups -OCH3 is 2. The van der Waals surface area contributed by atoms with Crippen LogP contribution in [0.5, 0.6) is 11.5 Å². The lowest BCUT2D eigenvalue weighted by Crippen LogP contribution is -2.15. The van der Waals surface area contributed by atoms with E-state index in [1.165, 1.54) is 0 Å². The molecule has 1 amide bonds. The van der Waals surface area contributed by atoms with Gasteiger partial charge in [0.15, 0.2) is 23.0 Å². The molecule has 2 heterocycles. The number of carbonyl (C=O) groups excluding carboxylic acids is 1. The Labute approximate surface area is 184 Å². The predicted molar refractivity (Wildman–Crippen MR) is 120 cm³/mol. The Morgan fingerprint density at radius 1 is 1.10 bits per heavy atom. The van der Waals surface area contributed by atoms with Crippen LogP contribution in [-0.2, 0) is 11.2 Å². The molecule has 8 heteroatoms. The number of amides is 1. The number of fused-ring (bicyclic) bond motifs is 1. The molecule has 0 aliphatic carbocycles. The number of benzene rings is 2. The Bertz CT molecular complexity index is 1250. The highest BCUT2D eigenvalue weighted by molar-refractivity contribution is 6.30. The molecule has 0 atom stereocenters. The second-order valence-electron chi connectivity index (χ2n) is 7.04. The highest BCUT2D eigenvalue weighted by Crippen LogP contribution is 2.32. The zero-order valence-electron chi connectivity index (χ0n) is 17.3. The van der Waals surface area contributed by atoms with E-state index in [9.17, 15) is 4.79 Å². The van der Waals surface area contributed by atoms with E-state index < -0.39 is 0 Å². The van der Waals surface area contributed by atoms with Crippen molar-refractivity contribution in [2.75, 3.05) is 19.5 Å². The summed E-state index contributed by atoms with van der Waals surface area (Å²) in [6, 6.07) is 12.7. The lowest BCUT2D eigenvalue weighted by atomic mass is 10.1. The average molecular weight is 437 g/mol. The van der Waals surface area contributed by atoms with E-state index in [1.54, 1.807) is 49.2 Å². The Kier molecular flexibility index (Phi) is 5.77. The van der Waals surface area contributed by atoms with Gasteiger partial charge in [0, 0.05) is 17.4 Å². The van der Waals surface area contributed by atoms with Crippen LogP contribution in [0.3, 0.4) is 0 Å². The summed E-state index contributed by atoms with van der Waals surface area (Å²) in [7, 11) is 3.13. The topological polar surface area (TPSA) is 77.8 Å². The Balaban J connectivity index is 1.67. The first-order valence-corrected chi connectivity index (χ1v) is 9.98. The first-order valence-electron chi connectivity index (χ1n) is 9.60. The summed E-state index contributed by atoms with van der Waals surface area (Å²) in [5, 5.41) is 8.12. The van der Waals surface area contributed by atoms with Gasteiger partial charge in [0.1, 0.15) is 0 Å². The lowest BCUT2D eigenvalue weighted by Gasteiger charge is -2.10. The molecule has 0 aliphatic rings. The second-order valence-corrected chi connectivity index (χ2v) is 7.48. The van der Waals surface area contributed by atoms with Crippen LogP contribution in [0.2, 0.25) is 5.02 Å². The van der Waals surface area contributed by atoms with E-state index in [0.29, 0.717) is 28.0 Å². The van der Waals surface area contributed by atoms with Crippen LogP contribution in [0, 0.1) is 6.92 Å². The number of hydrogen-bond acceptors (Lipinski definition) is 5. The molecule has 0 fully saturated rings. The number of ether oxygens (including phenoxy) is 2. The predicted octanol–water partition coefficient (Wildman–Crippen LogP) is 4.56. The maximum atomic E-state index is 12.8. The van der Waals surface area contributed by atoms with E-state index in [-0.39, 0.29) is 12.3 Å². The minimum atomic E-state index is -0.206. The fourth-order valence-corrected chi connectivity index (χ4v) is 3.48. The number of nitrogens with one attached hydrogen (secondary N) is 1. The standard InChI is InChI=1S/C23H21ClN4O3/c1-14-12-25-23-21(16-5-7-17(24)8-6-16)22(27-28(23)13-14)26-20(29)11-15-4-9-18(30-2)19(10-15)31-3/h4-10,12-13H,11H2,1-3H3,(H,26,27,29). The Hall–Kier alpha value is -3.58. The van der Waals surface area contributed by atoms with Gasteiger partial charge in [0.05, 0.1) is 26.2 Å². The summed E-state index contributed by atoms with van der Waals surface area (Å²) in [6.45, 7) is 1.94. The van der Waals surface area contributed by atoms with Crippen LogP contribution in [0.25, 0.3) is 16.8 Å². The van der Waals surface area contributed by atoms with Crippen molar-refractivity contribution in [2.24, 2.45) is 0 Å². The number of hydrogen-bond donors (Lipinski definition) is 1. The van der Waals surface area contributed by atoms with Gasteiger partial charge >= 0.3 is 0 Å². The van der Waals surface area contributed by atoms with Crippen LogP contribution in [0.4, 0.5) is 5.82 Å². The van der Waals surface area contributed by atoms with Crippen molar-refractivity contribution in [1.29, 1.82) is 0 Å². The largest absolute Gasteiger partial charge is 0.493 e. The molecule has 7 nitrogen and oxygen atoms in total. The summed E-state index contributed by atoms with van der Waals surface area (Å²) in [4.78, 5) is 17.4. The maximum Gasteiger partial charge on any atom is 0.230 e. The zero-order valence-corrected chi connectivity index (χ0v) is 18.1. The van der Waals surface area contributed by atoms with Crippen molar-refractivity contribution >= 4 is 29.0 Å². The van der Waals surface area contributed by atoms with Gasteiger partial charge in [-0.2, -0.15) is 0 Å². The molecule has 4 aromatic rings. The van der Waals surface area contributed by atoms with Gasteiger partial charge in [-0.05, 0) is 47.9 Å². The molecule has 158 valence electrons. The van der Waals surface area contributed by atoms with Gasteiger partial charge in [-0.1, -0.05) is 29.8 Å². The van der Waals surface area contributed by atoms with E-state index in [2.05, 4.69) is 15.4 Å². The molecule has 1 N–H and O–H groups in total. The quantitative estimate of drug-likeness (QED) is 0.479. The maximum absolute atomic E-state index is 12.8. The van der Waals surface area contributed by atoms with E-state index >= 15 is 0 Å². The minimum Gasteiger partial charge on any atom is -0.493 e. The summed E-state index contributed by atoms with van der Waals surface area (Å²) in [5.74, 6) is 1.41. The third-order valence-corrected chi connectivity index (χ3v) is 5.06. The third-order valence-electron chi connectivity index (χ3n) is 4.80. The SMILES string of the molecule is COc1ccc(CC(=O)Nc2nn3cc(C)cnc3c2-c2ccc(Cl)cc2)cc1OC. The molecule has 0 spiro atoms. The number of aryl methyl sites for hydroxylation is 1. The van der Waals surface area contributed by atoms with Gasteiger partial charge in [-0.15, -0.1) is 5.10 Å². The first kappa shape index (κ1) is 20.7. The molecule has 0 unspecified atom stereocenters. The molecule has 0 bridgehead atoms. The van der Waals surface area contributed by atoms with E-state index in [0.717, 1.165) is 22.3 Å². The Morgan fingerprint density at radius 2 is 1.84 bits per heavy atom. The van der Waals surface area contributed by atoms with Crippen molar-refractivity contribution < 1.29 is 14.3 Å². The van der Waals surface area contributed by atoms with Crippen LogP contribution >= 0.6 is 11.6 Å². The molecular formula is C23H21ClN4O3. The van der Waals surface area contributed by atoms with Gasteiger partial charge in [-0.3, -0.25) is 4.79 Å². The van der Waals surface area contributed by atoms with Crippen molar-refractivity contribution in [3.8, 4) is 22.6 Å². The normalized spacial score (nSPS) is 10.8. The fourth-order valence-electron chi connectivity index (χ4n) is 3.35. The number of rotatable bonds is 6. The number of anilines is 1. The third kappa shape index (κ3) is 4.32. The van der Waals surface area contributed by atoms with Gasteiger partial charge < -0.3 is 14.8 Å². The van der Waals surface area contributed by atoms with E-state index in [1.807, 2.05) is 31.3 Å². The van der Waals surface area contributed by atoms with Crippen molar-refractivity contribution in [1.82, 2.24) is 14.6 Å². The molecule has 2 aromatic carbocycles. The Morgan fingerprint density at radius 3 is 2.55 bits per heavy atom. The summed E-state index contributed by atoms with van der Waals surface area (Å²) in [5.41, 5.74) is 3.99. The number of aromatic nitrogens is 3.